The van der Waals surface area contributed by atoms with Crippen molar-refractivity contribution in [1.82, 2.24) is 20.9 Å². The molecule has 0 saturated carbocycles. The third kappa shape index (κ3) is 6.05. The van der Waals surface area contributed by atoms with Gasteiger partial charge in [0.25, 0.3) is 5.91 Å². The van der Waals surface area contributed by atoms with E-state index in [4.69, 9.17) is 4.42 Å². The van der Waals surface area contributed by atoms with E-state index in [1.165, 1.54) is 18.3 Å². The SMILES string of the molecule is CC(C)C[C@H](NC(=O)c1cc2ccccc2o1)C(=O)NC1CCCNC(S(=O)(=O)c2ccccn2)C1=O. The maximum absolute atomic E-state index is 13.3. The van der Waals surface area contributed by atoms with Crippen LogP contribution in [0, 0.1) is 5.92 Å². The Bertz CT molecular complexity index is 1350. The molecule has 3 aromatic rings. The molecule has 0 bridgehead atoms. The van der Waals surface area contributed by atoms with Gasteiger partial charge >= 0.3 is 0 Å². The number of aromatic nitrogens is 1. The van der Waals surface area contributed by atoms with Crippen LogP contribution in [0.25, 0.3) is 11.0 Å². The maximum atomic E-state index is 13.3. The lowest BCUT2D eigenvalue weighted by Crippen LogP contribution is -2.55. The number of fused-ring (bicyclic) bond motifs is 1. The molecule has 3 N–H and O–H groups in total. The highest BCUT2D eigenvalue weighted by atomic mass is 32.2. The zero-order valence-corrected chi connectivity index (χ0v) is 21.5. The molecule has 0 aliphatic carbocycles. The van der Waals surface area contributed by atoms with Crippen molar-refractivity contribution in [3.8, 4) is 0 Å². The number of sulfone groups is 1. The minimum absolute atomic E-state index is 0.0514. The number of carbonyl (C=O) groups is 3. The molecule has 2 amide bonds. The molecule has 1 aliphatic rings. The van der Waals surface area contributed by atoms with Crippen molar-refractivity contribution in [3.05, 3.63) is 60.5 Å². The van der Waals surface area contributed by atoms with Gasteiger partial charge < -0.3 is 15.1 Å². The Balaban J connectivity index is 1.50. The molecule has 0 spiro atoms. The Morgan fingerprint density at radius 3 is 2.62 bits per heavy atom. The van der Waals surface area contributed by atoms with Crippen LogP contribution >= 0.6 is 0 Å². The van der Waals surface area contributed by atoms with E-state index in [0.717, 1.165) is 5.39 Å². The molecular weight excluding hydrogens is 496 g/mol. The van der Waals surface area contributed by atoms with E-state index in [0.29, 0.717) is 18.4 Å². The Kier molecular flexibility index (Phi) is 8.03. The zero-order chi connectivity index (χ0) is 26.6. The quantitative estimate of drug-likeness (QED) is 0.405. The molecule has 2 unspecified atom stereocenters. The number of pyridine rings is 1. The van der Waals surface area contributed by atoms with Crippen LogP contribution in [0.1, 0.15) is 43.7 Å². The van der Waals surface area contributed by atoms with Crippen LogP contribution in [-0.2, 0) is 19.4 Å². The van der Waals surface area contributed by atoms with E-state index in [-0.39, 0.29) is 29.7 Å². The van der Waals surface area contributed by atoms with Gasteiger partial charge in [-0.05, 0) is 56.0 Å². The molecule has 37 heavy (non-hydrogen) atoms. The van der Waals surface area contributed by atoms with Crippen molar-refractivity contribution in [3.63, 3.8) is 0 Å². The number of rotatable bonds is 8. The fraction of sp³-hybridized carbons (Fsp3) is 0.385. The van der Waals surface area contributed by atoms with Crippen LogP contribution in [0.5, 0.6) is 0 Å². The highest BCUT2D eigenvalue weighted by molar-refractivity contribution is 7.92. The molecule has 1 saturated heterocycles. The number of ketones is 1. The van der Waals surface area contributed by atoms with Crippen molar-refractivity contribution in [2.45, 2.75) is 55.6 Å². The van der Waals surface area contributed by atoms with Crippen LogP contribution in [0.2, 0.25) is 0 Å². The zero-order valence-electron chi connectivity index (χ0n) is 20.6. The first-order valence-corrected chi connectivity index (χ1v) is 13.7. The second kappa shape index (κ2) is 11.2. The third-order valence-corrected chi connectivity index (χ3v) is 7.98. The van der Waals surface area contributed by atoms with E-state index in [2.05, 4.69) is 20.9 Å². The lowest BCUT2D eigenvalue weighted by Gasteiger charge is -2.24. The predicted octanol–water partition coefficient (Wildman–Crippen LogP) is 2.21. The van der Waals surface area contributed by atoms with E-state index in [1.807, 2.05) is 26.0 Å². The number of nitrogens with zero attached hydrogens (tertiary/aromatic N) is 1. The second-order valence-corrected chi connectivity index (χ2v) is 11.4. The van der Waals surface area contributed by atoms with Crippen molar-refractivity contribution < 1.29 is 27.2 Å². The third-order valence-electron chi connectivity index (χ3n) is 6.14. The molecule has 196 valence electrons. The number of benzene rings is 1. The molecule has 1 fully saturated rings. The number of Topliss-reactive ketones (excluding diaryl/α,β-unsaturated/α-hetero) is 1. The summed E-state index contributed by atoms with van der Waals surface area (Å²) in [6.07, 6.45) is 2.39. The molecule has 1 aromatic carbocycles. The smallest absolute Gasteiger partial charge is 0.287 e. The molecule has 1 aliphatic heterocycles. The minimum atomic E-state index is -4.12. The van der Waals surface area contributed by atoms with Gasteiger partial charge in [-0.3, -0.25) is 19.7 Å². The maximum Gasteiger partial charge on any atom is 0.287 e. The Labute approximate surface area is 215 Å². The molecule has 3 atom stereocenters. The summed E-state index contributed by atoms with van der Waals surface area (Å²) in [5.41, 5.74) is 0.550. The summed E-state index contributed by atoms with van der Waals surface area (Å²) in [5.74, 6) is -1.66. The van der Waals surface area contributed by atoms with E-state index < -0.39 is 44.9 Å². The molecule has 2 aromatic heterocycles. The van der Waals surface area contributed by atoms with Crippen molar-refractivity contribution in [1.29, 1.82) is 0 Å². The highest BCUT2D eigenvalue weighted by Crippen LogP contribution is 2.20. The molecule has 11 heteroatoms. The monoisotopic (exact) mass is 526 g/mol. The fourth-order valence-electron chi connectivity index (χ4n) is 4.31. The average molecular weight is 527 g/mol. The molecule has 10 nitrogen and oxygen atoms in total. The number of hydrogen-bond acceptors (Lipinski definition) is 8. The van der Waals surface area contributed by atoms with Gasteiger partial charge in [0, 0.05) is 11.6 Å². The topological polar surface area (TPSA) is 147 Å². The Morgan fingerprint density at radius 2 is 1.92 bits per heavy atom. The second-order valence-electron chi connectivity index (χ2n) is 9.46. The van der Waals surface area contributed by atoms with Crippen LogP contribution in [0.15, 0.2) is 64.2 Å². The number of hydrogen-bond donors (Lipinski definition) is 3. The lowest BCUT2D eigenvalue weighted by atomic mass is 10.0. The average Bonchev–Trinajstić information content (AvgIpc) is 3.23. The molecular formula is C26H30N4O6S. The summed E-state index contributed by atoms with van der Waals surface area (Å²) < 4.78 is 31.8. The van der Waals surface area contributed by atoms with Crippen LogP contribution in [0.3, 0.4) is 0 Å². The molecule has 4 rings (SSSR count). The molecule has 3 heterocycles. The first-order valence-electron chi connectivity index (χ1n) is 12.2. The summed E-state index contributed by atoms with van der Waals surface area (Å²) in [6, 6.07) is 11.2. The summed E-state index contributed by atoms with van der Waals surface area (Å²) in [5, 5.41) is 7.20. The van der Waals surface area contributed by atoms with Crippen molar-refractivity contribution >= 4 is 38.4 Å². The van der Waals surface area contributed by atoms with Crippen LogP contribution in [0.4, 0.5) is 0 Å². The number of amides is 2. The lowest BCUT2D eigenvalue weighted by molar-refractivity contribution is -0.129. The van der Waals surface area contributed by atoms with Crippen LogP contribution in [-0.4, -0.2) is 55.0 Å². The highest BCUT2D eigenvalue weighted by Gasteiger charge is 2.41. The standard InChI is InChI=1S/C26H30N4O6S/c1-16(2)14-19(30-25(33)21-15-17-8-3-4-10-20(17)36-21)24(32)29-18-9-7-13-28-26(23(18)31)37(34,35)22-11-5-6-12-27-22/h3-6,8,10-12,15-16,18-19,26,28H,7,9,13-14H2,1-2H3,(H,29,32)(H,30,33)/t18?,19-,26?/m0/s1. The summed E-state index contributed by atoms with van der Waals surface area (Å²) >= 11 is 0. The summed E-state index contributed by atoms with van der Waals surface area (Å²) in [6.45, 7) is 4.10. The number of carbonyl (C=O) groups excluding carboxylic acids is 3. The van der Waals surface area contributed by atoms with E-state index in [1.54, 1.807) is 24.3 Å². The van der Waals surface area contributed by atoms with Gasteiger partial charge in [-0.2, -0.15) is 0 Å². The summed E-state index contributed by atoms with van der Waals surface area (Å²) in [7, 11) is -4.12. The number of para-hydroxylation sites is 1. The van der Waals surface area contributed by atoms with Gasteiger partial charge in [-0.1, -0.05) is 38.1 Å². The first-order chi connectivity index (χ1) is 17.7. The summed E-state index contributed by atoms with van der Waals surface area (Å²) in [4.78, 5) is 43.4. The van der Waals surface area contributed by atoms with Crippen molar-refractivity contribution in [2.24, 2.45) is 5.92 Å². The normalized spacial score (nSPS) is 19.4. The fourth-order valence-corrected chi connectivity index (χ4v) is 5.83. The minimum Gasteiger partial charge on any atom is -0.451 e. The van der Waals surface area contributed by atoms with Gasteiger partial charge in [0.1, 0.15) is 11.6 Å². The van der Waals surface area contributed by atoms with Gasteiger partial charge in [0.15, 0.2) is 21.9 Å². The van der Waals surface area contributed by atoms with Gasteiger partial charge in [0.2, 0.25) is 15.7 Å². The van der Waals surface area contributed by atoms with Gasteiger partial charge in [0.05, 0.1) is 6.04 Å². The largest absolute Gasteiger partial charge is 0.451 e. The number of nitrogens with one attached hydrogen (secondary N) is 3. The van der Waals surface area contributed by atoms with E-state index in [9.17, 15) is 22.8 Å². The van der Waals surface area contributed by atoms with Gasteiger partial charge in [-0.15, -0.1) is 0 Å². The Hall–Kier alpha value is -3.57. The van der Waals surface area contributed by atoms with Crippen LogP contribution < -0.4 is 16.0 Å². The first kappa shape index (κ1) is 26.5. The predicted molar refractivity (Wildman–Crippen MR) is 136 cm³/mol. The Morgan fingerprint density at radius 1 is 1.16 bits per heavy atom. The number of furan rings is 1. The van der Waals surface area contributed by atoms with E-state index >= 15 is 0 Å². The van der Waals surface area contributed by atoms with Crippen molar-refractivity contribution in [2.75, 3.05) is 6.54 Å². The molecule has 0 radical (unpaired) electrons. The van der Waals surface area contributed by atoms with Gasteiger partial charge in [-0.25, -0.2) is 13.4 Å².